The van der Waals surface area contributed by atoms with Crippen LogP contribution in [0.5, 0.6) is 0 Å². The van der Waals surface area contributed by atoms with Gasteiger partial charge >= 0.3 is 5.69 Å². The van der Waals surface area contributed by atoms with Crippen LogP contribution in [0.15, 0.2) is 27.5 Å². The molecular formula is C15H18N6O2. The second-order valence-corrected chi connectivity index (χ2v) is 5.77. The smallest absolute Gasteiger partial charge is 0.323 e. The van der Waals surface area contributed by atoms with Crippen LogP contribution in [-0.2, 0) is 6.54 Å². The lowest BCUT2D eigenvalue weighted by Crippen LogP contribution is -2.46. The van der Waals surface area contributed by atoms with Crippen LogP contribution in [-0.4, -0.2) is 51.2 Å². The Bertz CT molecular complexity index is 871. The predicted molar refractivity (Wildman–Crippen MR) is 85.4 cm³/mol. The molecule has 0 radical (unpaired) electrons. The zero-order valence-electron chi connectivity index (χ0n) is 12.9. The third-order valence-electron chi connectivity index (χ3n) is 4.18. The molecule has 1 saturated heterocycles. The van der Waals surface area contributed by atoms with Crippen molar-refractivity contribution in [3.8, 4) is 0 Å². The Kier molecular flexibility index (Phi) is 3.38. The summed E-state index contributed by atoms with van der Waals surface area (Å²) in [5.41, 5.74) is 2.62. The van der Waals surface area contributed by atoms with Crippen LogP contribution < -0.4 is 10.6 Å². The molecule has 2 N–H and O–H groups in total. The molecule has 0 amide bonds. The van der Waals surface area contributed by atoms with E-state index in [4.69, 9.17) is 4.52 Å². The summed E-state index contributed by atoms with van der Waals surface area (Å²) in [6.45, 7) is 6.12. The standard InChI is InChI=1S/C15H18N6O2/c1-10-16-13(19-23-10)9-20-5-7-21(8-6-20)12-4-2-3-11-14(12)18-15(22)17-11/h2-4H,5-9H2,1H3,(H2,17,18,22). The number of hydrogen-bond donors (Lipinski definition) is 2. The van der Waals surface area contributed by atoms with Crippen molar-refractivity contribution in [1.29, 1.82) is 0 Å². The molecule has 4 rings (SSSR count). The van der Waals surface area contributed by atoms with E-state index in [0.717, 1.165) is 48.7 Å². The van der Waals surface area contributed by atoms with Gasteiger partial charge in [0.05, 0.1) is 23.3 Å². The number of hydrogen-bond acceptors (Lipinski definition) is 6. The first-order valence-corrected chi connectivity index (χ1v) is 7.66. The largest absolute Gasteiger partial charge is 0.367 e. The Morgan fingerprint density at radius 1 is 1.22 bits per heavy atom. The van der Waals surface area contributed by atoms with E-state index in [9.17, 15) is 4.79 Å². The van der Waals surface area contributed by atoms with E-state index in [2.05, 4.69) is 29.9 Å². The monoisotopic (exact) mass is 314 g/mol. The molecule has 0 atom stereocenters. The zero-order chi connectivity index (χ0) is 15.8. The molecule has 120 valence electrons. The maximum Gasteiger partial charge on any atom is 0.323 e. The zero-order valence-corrected chi connectivity index (χ0v) is 12.9. The molecule has 0 unspecified atom stereocenters. The minimum Gasteiger partial charge on any atom is -0.367 e. The lowest BCUT2D eigenvalue weighted by Gasteiger charge is -2.35. The topological polar surface area (TPSA) is 94.1 Å². The highest BCUT2D eigenvalue weighted by Crippen LogP contribution is 2.24. The van der Waals surface area contributed by atoms with Gasteiger partial charge in [-0.05, 0) is 12.1 Å². The van der Waals surface area contributed by atoms with Crippen LogP contribution in [0, 0.1) is 6.92 Å². The number of H-pyrrole nitrogens is 2. The van der Waals surface area contributed by atoms with Crippen LogP contribution in [0.3, 0.4) is 0 Å². The average molecular weight is 314 g/mol. The maximum atomic E-state index is 11.5. The summed E-state index contributed by atoms with van der Waals surface area (Å²) in [4.78, 5) is 26.1. The highest BCUT2D eigenvalue weighted by Gasteiger charge is 2.20. The van der Waals surface area contributed by atoms with Gasteiger partial charge in [-0.2, -0.15) is 4.98 Å². The summed E-state index contributed by atoms with van der Waals surface area (Å²) in [5.74, 6) is 1.33. The van der Waals surface area contributed by atoms with Gasteiger partial charge in [0.2, 0.25) is 5.89 Å². The normalized spacial score (nSPS) is 16.3. The van der Waals surface area contributed by atoms with Crippen molar-refractivity contribution in [2.75, 3.05) is 31.1 Å². The van der Waals surface area contributed by atoms with E-state index < -0.39 is 0 Å². The number of anilines is 1. The molecule has 0 spiro atoms. The number of piperazine rings is 1. The fourth-order valence-corrected chi connectivity index (χ4v) is 3.06. The third kappa shape index (κ3) is 2.72. The number of para-hydroxylation sites is 1. The third-order valence-corrected chi connectivity index (χ3v) is 4.18. The Labute approximate surface area is 132 Å². The number of rotatable bonds is 3. The first-order chi connectivity index (χ1) is 11.2. The van der Waals surface area contributed by atoms with Gasteiger partial charge in [0.15, 0.2) is 5.82 Å². The number of nitrogens with one attached hydrogen (secondary N) is 2. The van der Waals surface area contributed by atoms with Crippen LogP contribution in [0.2, 0.25) is 0 Å². The number of aryl methyl sites for hydroxylation is 1. The molecular weight excluding hydrogens is 296 g/mol. The van der Waals surface area contributed by atoms with Gasteiger partial charge in [0, 0.05) is 33.1 Å². The molecule has 0 saturated carbocycles. The number of nitrogens with zero attached hydrogens (tertiary/aromatic N) is 4. The van der Waals surface area contributed by atoms with E-state index in [1.807, 2.05) is 18.2 Å². The summed E-state index contributed by atoms with van der Waals surface area (Å²) in [6, 6.07) is 5.92. The Morgan fingerprint density at radius 3 is 2.78 bits per heavy atom. The molecule has 23 heavy (non-hydrogen) atoms. The Morgan fingerprint density at radius 2 is 2.04 bits per heavy atom. The molecule has 1 aromatic carbocycles. The van der Waals surface area contributed by atoms with Gasteiger partial charge in [0.25, 0.3) is 0 Å². The SMILES string of the molecule is Cc1nc(CN2CCN(c3cccc4[nH]c(=O)[nH]c34)CC2)no1. The number of benzene rings is 1. The number of aromatic nitrogens is 4. The summed E-state index contributed by atoms with van der Waals surface area (Å²) in [6.07, 6.45) is 0. The van der Waals surface area contributed by atoms with E-state index in [1.54, 1.807) is 6.92 Å². The average Bonchev–Trinajstić information content (AvgIpc) is 3.12. The van der Waals surface area contributed by atoms with Crippen LogP contribution in [0.4, 0.5) is 5.69 Å². The van der Waals surface area contributed by atoms with Crippen molar-refractivity contribution in [1.82, 2.24) is 25.0 Å². The van der Waals surface area contributed by atoms with E-state index in [-0.39, 0.29) is 5.69 Å². The molecule has 0 aliphatic carbocycles. The molecule has 1 fully saturated rings. The maximum absolute atomic E-state index is 11.5. The molecule has 8 heteroatoms. The molecule has 1 aliphatic rings. The molecule has 2 aromatic heterocycles. The van der Waals surface area contributed by atoms with Crippen LogP contribution in [0.1, 0.15) is 11.7 Å². The first-order valence-electron chi connectivity index (χ1n) is 7.66. The fraction of sp³-hybridized carbons (Fsp3) is 0.400. The van der Waals surface area contributed by atoms with Crippen molar-refractivity contribution in [2.24, 2.45) is 0 Å². The fourth-order valence-electron chi connectivity index (χ4n) is 3.06. The predicted octanol–water partition coefficient (Wildman–Crippen LogP) is 0.870. The number of aromatic amines is 2. The summed E-state index contributed by atoms with van der Waals surface area (Å²) >= 11 is 0. The highest BCUT2D eigenvalue weighted by molar-refractivity contribution is 5.88. The second kappa shape index (κ2) is 5.54. The second-order valence-electron chi connectivity index (χ2n) is 5.77. The van der Waals surface area contributed by atoms with Crippen molar-refractivity contribution in [2.45, 2.75) is 13.5 Å². The van der Waals surface area contributed by atoms with E-state index in [0.29, 0.717) is 12.4 Å². The summed E-state index contributed by atoms with van der Waals surface area (Å²) < 4.78 is 5.01. The lowest BCUT2D eigenvalue weighted by molar-refractivity contribution is 0.240. The van der Waals surface area contributed by atoms with Gasteiger partial charge in [-0.1, -0.05) is 11.2 Å². The summed E-state index contributed by atoms with van der Waals surface area (Å²) in [5, 5.41) is 3.95. The highest BCUT2D eigenvalue weighted by atomic mass is 16.5. The van der Waals surface area contributed by atoms with Gasteiger partial charge in [0.1, 0.15) is 0 Å². The van der Waals surface area contributed by atoms with Gasteiger partial charge in [-0.25, -0.2) is 4.79 Å². The van der Waals surface area contributed by atoms with Gasteiger partial charge < -0.3 is 19.4 Å². The number of imidazole rings is 1. The number of fused-ring (bicyclic) bond motifs is 1. The molecule has 1 aliphatic heterocycles. The van der Waals surface area contributed by atoms with Crippen LogP contribution >= 0.6 is 0 Å². The van der Waals surface area contributed by atoms with Crippen molar-refractivity contribution < 1.29 is 4.52 Å². The Hall–Kier alpha value is -2.61. The van der Waals surface area contributed by atoms with Gasteiger partial charge in [-0.3, -0.25) is 4.90 Å². The lowest BCUT2D eigenvalue weighted by atomic mass is 10.2. The Balaban J connectivity index is 1.47. The van der Waals surface area contributed by atoms with E-state index >= 15 is 0 Å². The molecule has 0 bridgehead atoms. The van der Waals surface area contributed by atoms with E-state index in [1.165, 1.54) is 0 Å². The van der Waals surface area contributed by atoms with Crippen molar-refractivity contribution >= 4 is 16.7 Å². The first kappa shape index (κ1) is 14.0. The minimum atomic E-state index is -0.168. The molecule has 3 aromatic rings. The van der Waals surface area contributed by atoms with Crippen LogP contribution in [0.25, 0.3) is 11.0 Å². The minimum absolute atomic E-state index is 0.168. The van der Waals surface area contributed by atoms with Crippen molar-refractivity contribution in [3.63, 3.8) is 0 Å². The summed E-state index contributed by atoms with van der Waals surface area (Å²) in [7, 11) is 0. The van der Waals surface area contributed by atoms with Gasteiger partial charge in [-0.15, -0.1) is 0 Å². The quantitative estimate of drug-likeness (QED) is 0.745. The molecule has 3 heterocycles. The van der Waals surface area contributed by atoms with Crippen molar-refractivity contribution in [3.05, 3.63) is 40.4 Å². The molecule has 8 nitrogen and oxygen atoms in total.